The molecule has 1 N–H and O–H groups in total. The molecule has 1 aromatic rings. The number of benzene rings is 1. The third kappa shape index (κ3) is 1.96. The highest BCUT2D eigenvalue weighted by atomic mass is 16.5. The topological polar surface area (TPSA) is 41.8 Å². The van der Waals surface area contributed by atoms with Crippen molar-refractivity contribution in [1.29, 1.82) is 0 Å². The van der Waals surface area contributed by atoms with E-state index in [4.69, 9.17) is 9.94 Å². The van der Waals surface area contributed by atoms with E-state index in [1.165, 1.54) is 5.56 Å². The van der Waals surface area contributed by atoms with Crippen LogP contribution in [0.25, 0.3) is 0 Å². The molecule has 0 bridgehead atoms. The minimum absolute atomic E-state index is 0.269. The number of rotatable bonds is 2. The van der Waals surface area contributed by atoms with Crippen LogP contribution in [0.3, 0.4) is 0 Å². The summed E-state index contributed by atoms with van der Waals surface area (Å²) in [4.78, 5) is 0. The van der Waals surface area contributed by atoms with Gasteiger partial charge in [0, 0.05) is 5.92 Å². The van der Waals surface area contributed by atoms with Gasteiger partial charge >= 0.3 is 0 Å². The third-order valence-corrected chi connectivity index (χ3v) is 2.95. The molecule has 0 aromatic heterocycles. The van der Waals surface area contributed by atoms with Gasteiger partial charge in [-0.25, -0.2) is 0 Å². The highest BCUT2D eigenvalue weighted by Gasteiger charge is 2.24. The minimum atomic E-state index is 0.269. The van der Waals surface area contributed by atoms with Crippen molar-refractivity contribution < 1.29 is 9.94 Å². The summed E-state index contributed by atoms with van der Waals surface area (Å²) in [6, 6.07) is 7.97. The Kier molecular flexibility index (Phi) is 2.90. The fourth-order valence-electron chi connectivity index (χ4n) is 2.17. The zero-order valence-corrected chi connectivity index (χ0v) is 8.81. The fourth-order valence-corrected chi connectivity index (χ4v) is 2.17. The fraction of sp³-hybridized carbons (Fsp3) is 0.417. The second-order valence-corrected chi connectivity index (χ2v) is 3.81. The van der Waals surface area contributed by atoms with Crippen LogP contribution in [0.4, 0.5) is 0 Å². The van der Waals surface area contributed by atoms with E-state index in [1.54, 1.807) is 7.11 Å². The SMILES string of the molecule is COc1cccc(C2CCC/C2=N/O)c1. The van der Waals surface area contributed by atoms with Gasteiger partial charge in [0.05, 0.1) is 12.8 Å². The Hall–Kier alpha value is -1.51. The Morgan fingerprint density at radius 1 is 1.47 bits per heavy atom. The average Bonchev–Trinajstić information content (AvgIpc) is 2.77. The van der Waals surface area contributed by atoms with Gasteiger partial charge in [-0.2, -0.15) is 0 Å². The largest absolute Gasteiger partial charge is 0.497 e. The quantitative estimate of drug-likeness (QED) is 0.595. The zero-order chi connectivity index (χ0) is 10.7. The summed E-state index contributed by atoms with van der Waals surface area (Å²) in [5.41, 5.74) is 2.07. The Bertz CT molecular complexity index is 374. The van der Waals surface area contributed by atoms with Crippen molar-refractivity contribution in [3.63, 3.8) is 0 Å². The molecule has 0 amide bonds. The van der Waals surface area contributed by atoms with Crippen LogP contribution in [-0.2, 0) is 0 Å². The predicted molar refractivity (Wildman–Crippen MR) is 58.8 cm³/mol. The van der Waals surface area contributed by atoms with Crippen molar-refractivity contribution >= 4 is 5.71 Å². The van der Waals surface area contributed by atoms with Gasteiger partial charge in [-0.05, 0) is 37.0 Å². The molecule has 80 valence electrons. The number of oxime groups is 1. The van der Waals surface area contributed by atoms with E-state index >= 15 is 0 Å². The van der Waals surface area contributed by atoms with Crippen LogP contribution in [-0.4, -0.2) is 18.0 Å². The summed E-state index contributed by atoms with van der Waals surface area (Å²) in [7, 11) is 1.66. The molecule has 3 heteroatoms. The molecule has 1 aliphatic rings. The van der Waals surface area contributed by atoms with Gasteiger partial charge in [0.25, 0.3) is 0 Å². The summed E-state index contributed by atoms with van der Waals surface area (Å²) < 4.78 is 5.18. The van der Waals surface area contributed by atoms with Crippen LogP contribution in [0.1, 0.15) is 30.7 Å². The maximum absolute atomic E-state index is 8.88. The summed E-state index contributed by atoms with van der Waals surface area (Å²) in [6.45, 7) is 0. The smallest absolute Gasteiger partial charge is 0.119 e. The zero-order valence-electron chi connectivity index (χ0n) is 8.81. The number of methoxy groups -OCH3 is 1. The number of hydrogen-bond donors (Lipinski definition) is 1. The van der Waals surface area contributed by atoms with Crippen molar-refractivity contribution in [3.8, 4) is 5.75 Å². The van der Waals surface area contributed by atoms with Crippen molar-refractivity contribution in [2.24, 2.45) is 5.16 Å². The van der Waals surface area contributed by atoms with Crippen LogP contribution >= 0.6 is 0 Å². The molecule has 1 atom stereocenters. The molecule has 0 saturated heterocycles. The lowest BCUT2D eigenvalue weighted by Gasteiger charge is -2.11. The molecule has 1 unspecified atom stereocenters. The molecule has 1 aliphatic carbocycles. The van der Waals surface area contributed by atoms with E-state index in [0.717, 1.165) is 30.7 Å². The Morgan fingerprint density at radius 2 is 2.33 bits per heavy atom. The molecule has 3 nitrogen and oxygen atoms in total. The van der Waals surface area contributed by atoms with E-state index in [2.05, 4.69) is 11.2 Å². The van der Waals surface area contributed by atoms with Crippen LogP contribution in [0, 0.1) is 0 Å². The molecule has 0 spiro atoms. The Morgan fingerprint density at radius 3 is 3.07 bits per heavy atom. The van der Waals surface area contributed by atoms with Gasteiger partial charge in [-0.15, -0.1) is 0 Å². The Labute approximate surface area is 89.4 Å². The molecule has 1 saturated carbocycles. The first-order chi connectivity index (χ1) is 7.35. The molecular formula is C12H15NO2. The van der Waals surface area contributed by atoms with Crippen LogP contribution < -0.4 is 4.74 Å². The molecule has 1 fully saturated rings. The van der Waals surface area contributed by atoms with Crippen LogP contribution in [0.5, 0.6) is 5.75 Å². The first-order valence-electron chi connectivity index (χ1n) is 5.20. The van der Waals surface area contributed by atoms with Crippen molar-refractivity contribution in [1.82, 2.24) is 0 Å². The first-order valence-corrected chi connectivity index (χ1v) is 5.20. The maximum atomic E-state index is 8.88. The lowest BCUT2D eigenvalue weighted by Crippen LogP contribution is -2.04. The normalized spacial score (nSPS) is 23.3. The van der Waals surface area contributed by atoms with Gasteiger partial charge < -0.3 is 9.94 Å². The van der Waals surface area contributed by atoms with E-state index in [1.807, 2.05) is 18.2 Å². The first kappa shape index (κ1) is 10.0. The average molecular weight is 205 g/mol. The molecule has 0 heterocycles. The highest BCUT2D eigenvalue weighted by Crippen LogP contribution is 2.33. The molecule has 0 aliphatic heterocycles. The van der Waals surface area contributed by atoms with Gasteiger partial charge in [0.1, 0.15) is 5.75 Å². The monoisotopic (exact) mass is 205 g/mol. The molecule has 1 aromatic carbocycles. The van der Waals surface area contributed by atoms with Crippen molar-refractivity contribution in [3.05, 3.63) is 29.8 Å². The van der Waals surface area contributed by atoms with E-state index in [0.29, 0.717) is 0 Å². The third-order valence-electron chi connectivity index (χ3n) is 2.95. The van der Waals surface area contributed by atoms with Crippen molar-refractivity contribution in [2.45, 2.75) is 25.2 Å². The van der Waals surface area contributed by atoms with Gasteiger partial charge in [-0.3, -0.25) is 0 Å². The van der Waals surface area contributed by atoms with Gasteiger partial charge in [0.2, 0.25) is 0 Å². The van der Waals surface area contributed by atoms with E-state index in [9.17, 15) is 0 Å². The van der Waals surface area contributed by atoms with Crippen molar-refractivity contribution in [2.75, 3.05) is 7.11 Å². The minimum Gasteiger partial charge on any atom is -0.497 e. The maximum Gasteiger partial charge on any atom is 0.119 e. The number of nitrogens with zero attached hydrogens (tertiary/aromatic N) is 1. The second-order valence-electron chi connectivity index (χ2n) is 3.81. The summed E-state index contributed by atoms with van der Waals surface area (Å²) >= 11 is 0. The highest BCUT2D eigenvalue weighted by molar-refractivity contribution is 5.92. The predicted octanol–water partition coefficient (Wildman–Crippen LogP) is 2.79. The lowest BCUT2D eigenvalue weighted by molar-refractivity contribution is 0.316. The summed E-state index contributed by atoms with van der Waals surface area (Å²) in [5, 5.41) is 12.3. The molecule has 2 rings (SSSR count). The number of hydrogen-bond acceptors (Lipinski definition) is 3. The van der Waals surface area contributed by atoms with Gasteiger partial charge in [-0.1, -0.05) is 17.3 Å². The molecular weight excluding hydrogens is 190 g/mol. The lowest BCUT2D eigenvalue weighted by atomic mass is 9.96. The van der Waals surface area contributed by atoms with Gasteiger partial charge in [0.15, 0.2) is 0 Å². The van der Waals surface area contributed by atoms with Crippen LogP contribution in [0.2, 0.25) is 0 Å². The second kappa shape index (κ2) is 4.34. The van der Waals surface area contributed by atoms with E-state index in [-0.39, 0.29) is 5.92 Å². The molecule has 15 heavy (non-hydrogen) atoms. The summed E-state index contributed by atoms with van der Waals surface area (Å²) in [5.74, 6) is 1.13. The summed E-state index contributed by atoms with van der Waals surface area (Å²) in [6.07, 6.45) is 3.06. The Balaban J connectivity index is 2.28. The standard InChI is InChI=1S/C12H15NO2/c1-15-10-5-2-4-9(8-10)11-6-3-7-12(11)13-14/h2,4-5,8,11,14H,3,6-7H2,1H3/b13-12-. The van der Waals surface area contributed by atoms with Crippen LogP contribution in [0.15, 0.2) is 29.4 Å². The number of ether oxygens (including phenoxy) is 1. The van der Waals surface area contributed by atoms with E-state index < -0.39 is 0 Å². The molecule has 0 radical (unpaired) electrons.